The van der Waals surface area contributed by atoms with Crippen LogP contribution in [0.4, 0.5) is 0 Å². The standard InChI is InChI=1S/C19H18O/c1-14(15-7-3-2-4-8-15)13-17-12-11-16-9-5-6-10-18(16)19(17)20/h2-12,14,20H,13H2,1H3. The number of aromatic hydroxyl groups is 1. The molecular weight excluding hydrogens is 244 g/mol. The van der Waals surface area contributed by atoms with Gasteiger partial charge in [-0.2, -0.15) is 0 Å². The van der Waals surface area contributed by atoms with Crippen molar-refractivity contribution >= 4 is 10.8 Å². The summed E-state index contributed by atoms with van der Waals surface area (Å²) in [6.07, 6.45) is 0.848. The van der Waals surface area contributed by atoms with E-state index >= 15 is 0 Å². The minimum Gasteiger partial charge on any atom is -0.507 e. The molecule has 3 rings (SSSR count). The molecule has 1 N–H and O–H groups in total. The highest BCUT2D eigenvalue weighted by molar-refractivity contribution is 5.89. The van der Waals surface area contributed by atoms with Gasteiger partial charge in [0.25, 0.3) is 0 Å². The van der Waals surface area contributed by atoms with Crippen LogP contribution >= 0.6 is 0 Å². The van der Waals surface area contributed by atoms with Gasteiger partial charge in [0, 0.05) is 5.39 Å². The van der Waals surface area contributed by atoms with E-state index in [0.29, 0.717) is 11.7 Å². The van der Waals surface area contributed by atoms with Gasteiger partial charge in [0.1, 0.15) is 5.75 Å². The molecule has 100 valence electrons. The lowest BCUT2D eigenvalue weighted by Gasteiger charge is -2.14. The minimum absolute atomic E-state index is 0.392. The van der Waals surface area contributed by atoms with E-state index in [4.69, 9.17) is 0 Å². The van der Waals surface area contributed by atoms with Gasteiger partial charge >= 0.3 is 0 Å². The van der Waals surface area contributed by atoms with Crippen molar-refractivity contribution in [2.45, 2.75) is 19.3 Å². The Hall–Kier alpha value is -2.28. The zero-order valence-electron chi connectivity index (χ0n) is 11.6. The minimum atomic E-state index is 0.392. The number of phenols is 1. The summed E-state index contributed by atoms with van der Waals surface area (Å²) in [6.45, 7) is 2.20. The van der Waals surface area contributed by atoms with E-state index < -0.39 is 0 Å². The van der Waals surface area contributed by atoms with Crippen LogP contribution in [0.5, 0.6) is 5.75 Å². The Morgan fingerprint density at radius 1 is 0.850 bits per heavy atom. The first-order valence-corrected chi connectivity index (χ1v) is 7.00. The molecule has 0 radical (unpaired) electrons. The Labute approximate surface area is 119 Å². The lowest BCUT2D eigenvalue weighted by atomic mass is 9.92. The zero-order chi connectivity index (χ0) is 13.9. The Morgan fingerprint density at radius 3 is 2.35 bits per heavy atom. The van der Waals surface area contributed by atoms with E-state index in [1.54, 1.807) is 0 Å². The van der Waals surface area contributed by atoms with Crippen LogP contribution in [0, 0.1) is 0 Å². The fourth-order valence-electron chi connectivity index (χ4n) is 2.69. The first kappa shape index (κ1) is 12.7. The second-order valence-corrected chi connectivity index (χ2v) is 5.31. The van der Waals surface area contributed by atoms with Crippen LogP contribution in [0.15, 0.2) is 66.7 Å². The van der Waals surface area contributed by atoms with Crippen LogP contribution in [0.1, 0.15) is 24.0 Å². The average Bonchev–Trinajstić information content (AvgIpc) is 2.51. The van der Waals surface area contributed by atoms with E-state index in [1.807, 2.05) is 36.4 Å². The van der Waals surface area contributed by atoms with Crippen LogP contribution in [0.2, 0.25) is 0 Å². The molecule has 0 bridgehead atoms. The van der Waals surface area contributed by atoms with Crippen LogP contribution < -0.4 is 0 Å². The predicted octanol–water partition coefficient (Wildman–Crippen LogP) is 4.89. The summed E-state index contributed by atoms with van der Waals surface area (Å²) >= 11 is 0. The van der Waals surface area contributed by atoms with Gasteiger partial charge in [-0.15, -0.1) is 0 Å². The van der Waals surface area contributed by atoms with Crippen LogP contribution in [0.25, 0.3) is 10.8 Å². The maximum absolute atomic E-state index is 10.4. The molecule has 0 saturated carbocycles. The molecular formula is C19H18O. The predicted molar refractivity (Wildman–Crippen MR) is 84.2 cm³/mol. The SMILES string of the molecule is CC(Cc1ccc2ccccc2c1O)c1ccccc1. The van der Waals surface area contributed by atoms with Crippen LogP contribution in [0.3, 0.4) is 0 Å². The van der Waals surface area contributed by atoms with Crippen molar-refractivity contribution < 1.29 is 5.11 Å². The van der Waals surface area contributed by atoms with Crippen molar-refractivity contribution in [2.75, 3.05) is 0 Å². The summed E-state index contributed by atoms with van der Waals surface area (Å²) in [4.78, 5) is 0. The molecule has 0 aliphatic heterocycles. The van der Waals surface area contributed by atoms with Gasteiger partial charge < -0.3 is 5.11 Å². The highest BCUT2D eigenvalue weighted by Crippen LogP contribution is 2.32. The topological polar surface area (TPSA) is 20.2 Å². The molecule has 3 aromatic rings. The van der Waals surface area contributed by atoms with Gasteiger partial charge in [0.2, 0.25) is 0 Å². The largest absolute Gasteiger partial charge is 0.507 e. The lowest BCUT2D eigenvalue weighted by molar-refractivity contribution is 0.472. The maximum Gasteiger partial charge on any atom is 0.126 e. The Kier molecular flexibility index (Phi) is 3.42. The molecule has 0 amide bonds. The third-order valence-electron chi connectivity index (χ3n) is 3.88. The third-order valence-corrected chi connectivity index (χ3v) is 3.88. The third kappa shape index (κ3) is 2.39. The van der Waals surface area contributed by atoms with Crippen LogP contribution in [-0.2, 0) is 6.42 Å². The fourth-order valence-corrected chi connectivity index (χ4v) is 2.69. The van der Waals surface area contributed by atoms with Crippen molar-refractivity contribution in [3.63, 3.8) is 0 Å². The fraction of sp³-hybridized carbons (Fsp3) is 0.158. The van der Waals surface area contributed by atoms with E-state index in [9.17, 15) is 5.11 Å². The normalized spacial score (nSPS) is 12.4. The van der Waals surface area contributed by atoms with Gasteiger partial charge in [0.15, 0.2) is 0 Å². The molecule has 1 atom stereocenters. The molecule has 0 aromatic heterocycles. The molecule has 20 heavy (non-hydrogen) atoms. The van der Waals surface area contributed by atoms with E-state index in [1.165, 1.54) is 5.56 Å². The molecule has 1 nitrogen and oxygen atoms in total. The van der Waals surface area contributed by atoms with Crippen molar-refractivity contribution in [3.8, 4) is 5.75 Å². The number of hydrogen-bond donors (Lipinski definition) is 1. The van der Waals surface area contributed by atoms with Gasteiger partial charge in [-0.05, 0) is 28.9 Å². The zero-order valence-corrected chi connectivity index (χ0v) is 11.6. The molecule has 0 heterocycles. The number of hydrogen-bond acceptors (Lipinski definition) is 1. The molecule has 0 spiro atoms. The quantitative estimate of drug-likeness (QED) is 0.712. The smallest absolute Gasteiger partial charge is 0.126 e. The molecule has 3 aromatic carbocycles. The second-order valence-electron chi connectivity index (χ2n) is 5.31. The Morgan fingerprint density at radius 2 is 1.55 bits per heavy atom. The van der Waals surface area contributed by atoms with Crippen molar-refractivity contribution in [2.24, 2.45) is 0 Å². The molecule has 0 fully saturated rings. The maximum atomic E-state index is 10.4. The highest BCUT2D eigenvalue weighted by Gasteiger charge is 2.11. The summed E-state index contributed by atoms with van der Waals surface area (Å²) < 4.78 is 0. The summed E-state index contributed by atoms with van der Waals surface area (Å²) in [5, 5.41) is 12.5. The number of phenolic OH excluding ortho intramolecular Hbond substituents is 1. The highest BCUT2D eigenvalue weighted by atomic mass is 16.3. The first-order chi connectivity index (χ1) is 9.75. The van der Waals surface area contributed by atoms with Crippen LogP contribution in [-0.4, -0.2) is 5.11 Å². The number of rotatable bonds is 3. The molecule has 1 unspecified atom stereocenters. The van der Waals surface area contributed by atoms with Crippen molar-refractivity contribution in [3.05, 3.63) is 77.9 Å². The van der Waals surface area contributed by atoms with E-state index in [2.05, 4.69) is 37.3 Å². The first-order valence-electron chi connectivity index (χ1n) is 7.00. The number of fused-ring (bicyclic) bond motifs is 1. The summed E-state index contributed by atoms with van der Waals surface area (Å²) in [6, 6.07) is 22.5. The average molecular weight is 262 g/mol. The number of benzene rings is 3. The Bertz CT molecular complexity index is 716. The van der Waals surface area contributed by atoms with E-state index in [-0.39, 0.29) is 0 Å². The summed E-state index contributed by atoms with van der Waals surface area (Å²) in [5.74, 6) is 0.814. The lowest BCUT2D eigenvalue weighted by Crippen LogP contribution is -1.98. The van der Waals surface area contributed by atoms with Gasteiger partial charge in [-0.3, -0.25) is 0 Å². The van der Waals surface area contributed by atoms with Crippen molar-refractivity contribution in [1.29, 1.82) is 0 Å². The molecule has 0 aliphatic rings. The molecule has 0 aliphatic carbocycles. The van der Waals surface area contributed by atoms with Gasteiger partial charge in [-0.25, -0.2) is 0 Å². The van der Waals surface area contributed by atoms with Gasteiger partial charge in [0.05, 0.1) is 0 Å². The molecule has 0 saturated heterocycles. The van der Waals surface area contributed by atoms with E-state index in [0.717, 1.165) is 22.8 Å². The summed E-state index contributed by atoms with van der Waals surface area (Å²) in [7, 11) is 0. The monoisotopic (exact) mass is 262 g/mol. The van der Waals surface area contributed by atoms with Crippen molar-refractivity contribution in [1.82, 2.24) is 0 Å². The van der Waals surface area contributed by atoms with Gasteiger partial charge in [-0.1, -0.05) is 73.7 Å². The molecule has 1 heteroatoms. The second kappa shape index (κ2) is 5.38. The Balaban J connectivity index is 1.93. The summed E-state index contributed by atoms with van der Waals surface area (Å²) in [5.41, 5.74) is 2.32.